The second-order valence-electron chi connectivity index (χ2n) is 9.39. The van der Waals surface area contributed by atoms with Crippen molar-refractivity contribution >= 4 is 34.3 Å². The lowest BCUT2D eigenvalue weighted by atomic mass is 9.85. The number of carbonyl (C=O) groups is 3. The zero-order valence-electron chi connectivity index (χ0n) is 19.9. The fourth-order valence-corrected chi connectivity index (χ4v) is 5.09. The van der Waals surface area contributed by atoms with Crippen molar-refractivity contribution in [2.75, 3.05) is 31.2 Å². The number of halogens is 3. The minimum Gasteiger partial charge on any atom is -0.339 e. The number of amides is 2. The number of H-pyrrole nitrogens is 1. The molecule has 5 rings (SSSR count). The van der Waals surface area contributed by atoms with Crippen molar-refractivity contribution in [3.8, 4) is 0 Å². The smallest absolute Gasteiger partial charge is 0.339 e. The van der Waals surface area contributed by atoms with Crippen LogP contribution in [0.15, 0.2) is 48.7 Å². The molecular formula is C25H25F3N6O3. The summed E-state index contributed by atoms with van der Waals surface area (Å²) in [5.74, 6) is -1.19. The molecule has 2 aromatic heterocycles. The van der Waals surface area contributed by atoms with Crippen LogP contribution in [0, 0.1) is 0 Å². The molecule has 4 heterocycles. The summed E-state index contributed by atoms with van der Waals surface area (Å²) in [6.45, 7) is 0.286. The molecule has 1 N–H and O–H groups in total. The number of likely N-dealkylation sites (tertiary alicyclic amines) is 1. The number of rotatable bonds is 6. The Hall–Kier alpha value is -3.96. The van der Waals surface area contributed by atoms with E-state index in [4.69, 9.17) is 0 Å². The lowest BCUT2D eigenvalue weighted by Crippen LogP contribution is -2.57. The van der Waals surface area contributed by atoms with Gasteiger partial charge in [0.1, 0.15) is 16.7 Å². The summed E-state index contributed by atoms with van der Waals surface area (Å²) in [5, 5.41) is 6.71. The van der Waals surface area contributed by atoms with Crippen molar-refractivity contribution in [3.63, 3.8) is 0 Å². The van der Waals surface area contributed by atoms with Gasteiger partial charge in [0, 0.05) is 25.2 Å². The number of Topliss-reactive ketones (excluding diaryl/α,β-unsaturated/α-hetero) is 1. The molecule has 12 heteroatoms. The lowest BCUT2D eigenvalue weighted by Gasteiger charge is -2.43. The molecule has 2 aliphatic heterocycles. The Kier molecular flexibility index (Phi) is 6.34. The number of nitrogens with zero attached hydrogens (tertiary/aromatic N) is 5. The van der Waals surface area contributed by atoms with Gasteiger partial charge in [-0.25, -0.2) is 4.98 Å². The van der Waals surface area contributed by atoms with Gasteiger partial charge in [0.05, 0.1) is 31.3 Å². The van der Waals surface area contributed by atoms with Crippen LogP contribution in [0.25, 0.3) is 11.0 Å². The van der Waals surface area contributed by atoms with Crippen LogP contribution in [0.5, 0.6) is 0 Å². The van der Waals surface area contributed by atoms with E-state index >= 15 is 0 Å². The highest BCUT2D eigenvalue weighted by Gasteiger charge is 2.54. The Balaban J connectivity index is 1.33. The summed E-state index contributed by atoms with van der Waals surface area (Å²) in [4.78, 5) is 48.4. The number of benzene rings is 1. The first kappa shape index (κ1) is 24.7. The van der Waals surface area contributed by atoms with E-state index in [0.29, 0.717) is 23.9 Å². The first-order chi connectivity index (χ1) is 17.7. The highest BCUT2D eigenvalue weighted by molar-refractivity contribution is 5.98. The van der Waals surface area contributed by atoms with Gasteiger partial charge in [0.2, 0.25) is 5.91 Å². The number of nitrogens with one attached hydrogen (secondary N) is 1. The van der Waals surface area contributed by atoms with Crippen LogP contribution in [0.3, 0.4) is 0 Å². The van der Waals surface area contributed by atoms with Crippen LogP contribution in [0.1, 0.15) is 36.2 Å². The number of aromatic nitrogens is 3. The number of hydrogen-bond donors (Lipinski definition) is 1. The molecule has 2 saturated heterocycles. The van der Waals surface area contributed by atoms with Crippen molar-refractivity contribution < 1.29 is 27.6 Å². The number of piperidine rings is 1. The zero-order valence-corrected chi connectivity index (χ0v) is 19.9. The van der Waals surface area contributed by atoms with Gasteiger partial charge < -0.3 is 14.7 Å². The highest BCUT2D eigenvalue weighted by Crippen LogP contribution is 2.39. The average molecular weight is 515 g/mol. The van der Waals surface area contributed by atoms with Gasteiger partial charge in [-0.15, -0.1) is 0 Å². The minimum absolute atomic E-state index is 0.0905. The second kappa shape index (κ2) is 9.49. The van der Waals surface area contributed by atoms with Crippen LogP contribution >= 0.6 is 0 Å². The molecule has 0 bridgehead atoms. The van der Waals surface area contributed by atoms with E-state index in [-0.39, 0.29) is 43.8 Å². The minimum atomic E-state index is -4.43. The van der Waals surface area contributed by atoms with E-state index in [9.17, 15) is 27.6 Å². The lowest BCUT2D eigenvalue weighted by molar-refractivity contribution is -0.145. The number of pyridine rings is 1. The number of anilines is 1. The number of aromatic amines is 1. The number of carbonyl (C=O) groups excluding carboxylic acids is 3. The van der Waals surface area contributed by atoms with Gasteiger partial charge in [-0.3, -0.25) is 19.5 Å². The molecule has 3 aromatic rings. The monoisotopic (exact) mass is 514 g/mol. The molecule has 0 unspecified atom stereocenters. The summed E-state index contributed by atoms with van der Waals surface area (Å²) in [5.41, 5.74) is 1.34. The maximum Gasteiger partial charge on any atom is 0.389 e. The summed E-state index contributed by atoms with van der Waals surface area (Å²) in [7, 11) is 0. The normalized spacial score (nSPS) is 17.7. The predicted molar refractivity (Wildman–Crippen MR) is 128 cm³/mol. The third-order valence-electron chi connectivity index (χ3n) is 7.03. The molecule has 9 nitrogen and oxygen atoms in total. The van der Waals surface area contributed by atoms with Gasteiger partial charge in [0.15, 0.2) is 5.78 Å². The fraction of sp³-hybridized carbons (Fsp3) is 0.400. The first-order valence-electron chi connectivity index (χ1n) is 12.0. The second-order valence-corrected chi connectivity index (χ2v) is 9.39. The molecule has 194 valence electrons. The molecule has 0 radical (unpaired) electrons. The molecule has 0 saturated carbocycles. The summed E-state index contributed by atoms with van der Waals surface area (Å²) < 4.78 is 37.7. The Labute approximate surface area is 210 Å². The maximum atomic E-state index is 13.6. The van der Waals surface area contributed by atoms with E-state index in [1.807, 2.05) is 35.2 Å². The van der Waals surface area contributed by atoms with Crippen molar-refractivity contribution in [3.05, 3.63) is 54.4 Å². The molecule has 37 heavy (non-hydrogen) atoms. The van der Waals surface area contributed by atoms with E-state index in [2.05, 4.69) is 15.2 Å². The van der Waals surface area contributed by atoms with Crippen molar-refractivity contribution in [1.82, 2.24) is 25.0 Å². The molecule has 2 amide bonds. The largest absolute Gasteiger partial charge is 0.389 e. The SMILES string of the molecule is O=C(CCC(F)(F)F)CN1CN(c2ccccc2)C2(CCN(C(=O)c3ccc4[nH]ncc4n3)CC2)C1=O. The first-order valence-corrected chi connectivity index (χ1v) is 12.0. The van der Waals surface area contributed by atoms with Crippen molar-refractivity contribution in [2.24, 2.45) is 0 Å². The fourth-order valence-electron chi connectivity index (χ4n) is 5.09. The van der Waals surface area contributed by atoms with Crippen molar-refractivity contribution in [2.45, 2.75) is 37.4 Å². The third-order valence-corrected chi connectivity index (χ3v) is 7.03. The molecule has 2 fully saturated rings. The third kappa shape index (κ3) is 4.87. The Bertz CT molecular complexity index is 1320. The van der Waals surface area contributed by atoms with Crippen LogP contribution in [-0.4, -0.2) is 80.6 Å². The van der Waals surface area contributed by atoms with Crippen LogP contribution in [0.4, 0.5) is 18.9 Å². The molecule has 0 atom stereocenters. The van der Waals surface area contributed by atoms with Gasteiger partial charge in [-0.2, -0.15) is 18.3 Å². The molecule has 0 aliphatic carbocycles. The summed E-state index contributed by atoms with van der Waals surface area (Å²) >= 11 is 0. The Morgan fingerprint density at radius 3 is 2.49 bits per heavy atom. The number of fused-ring (bicyclic) bond motifs is 1. The van der Waals surface area contributed by atoms with E-state index in [0.717, 1.165) is 5.69 Å². The topological polar surface area (TPSA) is 102 Å². The molecule has 1 aromatic carbocycles. The number of para-hydroxylation sites is 1. The Morgan fingerprint density at radius 1 is 1.05 bits per heavy atom. The average Bonchev–Trinajstić information content (AvgIpc) is 3.46. The quantitative estimate of drug-likeness (QED) is 0.542. The van der Waals surface area contributed by atoms with Gasteiger partial charge in [0.25, 0.3) is 5.91 Å². The van der Waals surface area contributed by atoms with E-state index < -0.39 is 30.3 Å². The van der Waals surface area contributed by atoms with E-state index in [1.165, 1.54) is 11.1 Å². The number of alkyl halides is 3. The number of hydrogen-bond acceptors (Lipinski definition) is 6. The molecule has 2 aliphatic rings. The van der Waals surface area contributed by atoms with Gasteiger partial charge in [-0.05, 0) is 37.1 Å². The molecular weight excluding hydrogens is 489 g/mol. The summed E-state index contributed by atoms with van der Waals surface area (Å²) in [6, 6.07) is 12.6. The standard InChI is InChI=1S/C25H25F3N6O3/c26-25(27,28)9-8-18(35)15-33-16-34(17-4-2-1-3-5-17)24(23(33)37)10-12-32(13-11-24)22(36)20-7-6-19-21(30-20)14-29-31-19/h1-7,14H,8-13,15-16H2,(H,29,31). The van der Waals surface area contributed by atoms with Crippen LogP contribution < -0.4 is 4.90 Å². The van der Waals surface area contributed by atoms with Crippen LogP contribution in [0.2, 0.25) is 0 Å². The van der Waals surface area contributed by atoms with Gasteiger partial charge in [-0.1, -0.05) is 18.2 Å². The maximum absolute atomic E-state index is 13.6. The molecule has 1 spiro atoms. The highest BCUT2D eigenvalue weighted by atomic mass is 19.4. The zero-order chi connectivity index (χ0) is 26.2. The number of ketones is 1. The van der Waals surface area contributed by atoms with E-state index in [1.54, 1.807) is 17.0 Å². The van der Waals surface area contributed by atoms with Crippen LogP contribution in [-0.2, 0) is 9.59 Å². The Morgan fingerprint density at radius 2 is 1.78 bits per heavy atom. The van der Waals surface area contributed by atoms with Gasteiger partial charge >= 0.3 is 6.18 Å². The predicted octanol–water partition coefficient (Wildman–Crippen LogP) is 3.15. The van der Waals surface area contributed by atoms with Crippen molar-refractivity contribution in [1.29, 1.82) is 0 Å². The summed E-state index contributed by atoms with van der Waals surface area (Å²) in [6.07, 6.45) is -4.14.